The molecule has 2 rings (SSSR count). The topological polar surface area (TPSA) is 57.3 Å². The van der Waals surface area contributed by atoms with Crippen LogP contribution in [-0.4, -0.2) is 29.3 Å². The Bertz CT molecular complexity index is 574. The monoisotopic (exact) mass is 326 g/mol. The van der Waals surface area contributed by atoms with Crippen LogP contribution in [0.1, 0.15) is 28.7 Å². The van der Waals surface area contributed by atoms with Crippen LogP contribution in [-0.2, 0) is 17.7 Å². The fourth-order valence-corrected chi connectivity index (χ4v) is 2.36. The zero-order valence-corrected chi connectivity index (χ0v) is 12.4. The second-order valence-electron chi connectivity index (χ2n) is 4.00. The summed E-state index contributed by atoms with van der Waals surface area (Å²) in [6.07, 6.45) is 3.84. The van der Waals surface area contributed by atoms with Gasteiger partial charge >= 0.3 is 0 Å². The summed E-state index contributed by atoms with van der Waals surface area (Å²) in [5.74, 6) is 0.600. The molecule has 19 heavy (non-hydrogen) atoms. The normalized spacial score (nSPS) is 10.9. The van der Waals surface area contributed by atoms with Gasteiger partial charge < -0.3 is 9.15 Å². The van der Waals surface area contributed by atoms with Gasteiger partial charge in [0.15, 0.2) is 0 Å². The Hall–Kier alpha value is -1.40. The van der Waals surface area contributed by atoms with Gasteiger partial charge in [0.25, 0.3) is 0 Å². The van der Waals surface area contributed by atoms with Crippen molar-refractivity contribution in [3.05, 3.63) is 40.0 Å². The first-order valence-electron chi connectivity index (χ1n) is 6.00. The molecule has 2 aromatic rings. The van der Waals surface area contributed by atoms with E-state index in [4.69, 9.17) is 9.15 Å². The summed E-state index contributed by atoms with van der Waals surface area (Å²) in [5, 5.41) is 4.18. The summed E-state index contributed by atoms with van der Waals surface area (Å²) in [6.45, 7) is 2.98. The molecule has 0 aliphatic heterocycles. The Morgan fingerprint density at radius 3 is 3.05 bits per heavy atom. The molecule has 2 aromatic heterocycles. The lowest BCUT2D eigenvalue weighted by atomic mass is 10.1. The van der Waals surface area contributed by atoms with Crippen LogP contribution in [0.2, 0.25) is 0 Å². The molecule has 0 N–H and O–H groups in total. The van der Waals surface area contributed by atoms with Crippen molar-refractivity contribution in [2.45, 2.75) is 19.9 Å². The van der Waals surface area contributed by atoms with E-state index >= 15 is 0 Å². The molecule has 0 atom stereocenters. The molecule has 0 aromatic carbocycles. The molecule has 0 aliphatic rings. The summed E-state index contributed by atoms with van der Waals surface area (Å²) in [4.78, 5) is 12.6. The maximum atomic E-state index is 12.6. The van der Waals surface area contributed by atoms with Crippen LogP contribution in [0.5, 0.6) is 0 Å². The van der Waals surface area contributed by atoms with Crippen molar-refractivity contribution >= 4 is 21.7 Å². The lowest BCUT2D eigenvalue weighted by Gasteiger charge is -2.06. The minimum atomic E-state index is -0.0916. The summed E-state index contributed by atoms with van der Waals surface area (Å²) in [5.41, 5.74) is 1.11. The number of aromatic nitrogens is 2. The van der Waals surface area contributed by atoms with E-state index in [2.05, 4.69) is 21.0 Å². The third-order valence-electron chi connectivity index (χ3n) is 2.83. The Kier molecular flexibility index (Phi) is 4.55. The number of carbonyl (C=O) groups excluding carboxylic acids is 1. The second-order valence-corrected chi connectivity index (χ2v) is 4.85. The number of methoxy groups -OCH3 is 1. The standard InChI is InChI=1S/C13H15BrN2O3/c1-3-11-9(4-6-19-11)13(17)12-10(14)8-15-16(12)5-7-18-2/h4,6,8H,3,5,7H2,1-2H3. The first kappa shape index (κ1) is 14.0. The number of furan rings is 1. The van der Waals surface area contributed by atoms with Crippen molar-refractivity contribution in [2.75, 3.05) is 13.7 Å². The predicted molar refractivity (Wildman–Crippen MR) is 73.3 cm³/mol. The highest BCUT2D eigenvalue weighted by Crippen LogP contribution is 2.22. The lowest BCUT2D eigenvalue weighted by molar-refractivity contribution is 0.102. The Morgan fingerprint density at radius 1 is 1.58 bits per heavy atom. The van der Waals surface area contributed by atoms with Crippen molar-refractivity contribution in [1.29, 1.82) is 0 Å². The van der Waals surface area contributed by atoms with E-state index in [1.54, 1.807) is 24.1 Å². The van der Waals surface area contributed by atoms with Crippen molar-refractivity contribution < 1.29 is 13.9 Å². The molecule has 2 heterocycles. The second kappa shape index (κ2) is 6.16. The molecule has 0 saturated carbocycles. The Morgan fingerprint density at radius 2 is 2.37 bits per heavy atom. The maximum Gasteiger partial charge on any atom is 0.215 e. The molecule has 0 fully saturated rings. The van der Waals surface area contributed by atoms with E-state index < -0.39 is 0 Å². The van der Waals surface area contributed by atoms with E-state index in [1.165, 1.54) is 6.26 Å². The molecule has 0 spiro atoms. The van der Waals surface area contributed by atoms with E-state index in [-0.39, 0.29) is 5.78 Å². The smallest absolute Gasteiger partial charge is 0.215 e. The zero-order valence-electron chi connectivity index (χ0n) is 10.9. The molecule has 0 amide bonds. The van der Waals surface area contributed by atoms with Crippen LogP contribution in [0.4, 0.5) is 0 Å². The number of ether oxygens (including phenoxy) is 1. The number of hydrogen-bond acceptors (Lipinski definition) is 4. The SMILES string of the molecule is CCc1occc1C(=O)c1c(Br)cnn1CCOC. The van der Waals surface area contributed by atoms with Crippen LogP contribution < -0.4 is 0 Å². The molecule has 5 nitrogen and oxygen atoms in total. The number of ketones is 1. The lowest BCUT2D eigenvalue weighted by Crippen LogP contribution is -2.15. The van der Waals surface area contributed by atoms with Gasteiger partial charge in [0.05, 0.1) is 35.6 Å². The van der Waals surface area contributed by atoms with Gasteiger partial charge in [-0.2, -0.15) is 5.10 Å². The summed E-state index contributed by atoms with van der Waals surface area (Å²) < 4.78 is 12.6. The van der Waals surface area contributed by atoms with Crippen LogP contribution in [0.15, 0.2) is 27.4 Å². The van der Waals surface area contributed by atoms with Crippen molar-refractivity contribution in [3.63, 3.8) is 0 Å². The minimum Gasteiger partial charge on any atom is -0.469 e. The molecular weight excluding hydrogens is 312 g/mol. The van der Waals surface area contributed by atoms with Gasteiger partial charge in [0, 0.05) is 13.5 Å². The van der Waals surface area contributed by atoms with Gasteiger partial charge in [-0.05, 0) is 22.0 Å². The van der Waals surface area contributed by atoms with Crippen LogP contribution >= 0.6 is 15.9 Å². The maximum absolute atomic E-state index is 12.6. The number of hydrogen-bond donors (Lipinski definition) is 0. The fourth-order valence-electron chi connectivity index (χ4n) is 1.88. The van der Waals surface area contributed by atoms with Crippen molar-refractivity contribution in [3.8, 4) is 0 Å². The molecule has 0 aliphatic carbocycles. The van der Waals surface area contributed by atoms with Gasteiger partial charge in [-0.15, -0.1) is 0 Å². The minimum absolute atomic E-state index is 0.0916. The van der Waals surface area contributed by atoms with Gasteiger partial charge in [-0.1, -0.05) is 6.92 Å². The average Bonchev–Trinajstić information content (AvgIpc) is 3.02. The average molecular weight is 327 g/mol. The Balaban J connectivity index is 2.35. The molecule has 6 heteroatoms. The highest BCUT2D eigenvalue weighted by molar-refractivity contribution is 9.10. The van der Waals surface area contributed by atoms with Crippen LogP contribution in [0.3, 0.4) is 0 Å². The number of nitrogens with zero attached hydrogens (tertiary/aromatic N) is 2. The quantitative estimate of drug-likeness (QED) is 0.766. The number of carbonyl (C=O) groups is 1. The highest BCUT2D eigenvalue weighted by Gasteiger charge is 2.22. The molecule has 0 unspecified atom stereocenters. The first-order valence-corrected chi connectivity index (χ1v) is 6.79. The van der Waals surface area contributed by atoms with E-state index in [1.807, 2.05) is 6.92 Å². The number of halogens is 1. The number of rotatable bonds is 6. The van der Waals surface area contributed by atoms with E-state index in [0.29, 0.717) is 41.1 Å². The van der Waals surface area contributed by atoms with Gasteiger partial charge in [-0.3, -0.25) is 9.48 Å². The Labute approximate surface area is 119 Å². The molecule has 102 valence electrons. The first-order chi connectivity index (χ1) is 9.19. The highest BCUT2D eigenvalue weighted by atomic mass is 79.9. The van der Waals surface area contributed by atoms with Crippen molar-refractivity contribution in [1.82, 2.24) is 9.78 Å². The molecule has 0 bridgehead atoms. The summed E-state index contributed by atoms with van der Waals surface area (Å²) >= 11 is 3.37. The largest absolute Gasteiger partial charge is 0.469 e. The zero-order chi connectivity index (χ0) is 13.8. The van der Waals surface area contributed by atoms with Crippen LogP contribution in [0, 0.1) is 0 Å². The summed E-state index contributed by atoms with van der Waals surface area (Å²) in [6, 6.07) is 1.70. The van der Waals surface area contributed by atoms with Gasteiger partial charge in [-0.25, -0.2) is 0 Å². The van der Waals surface area contributed by atoms with E-state index in [9.17, 15) is 4.79 Å². The molecule has 0 saturated heterocycles. The van der Waals surface area contributed by atoms with E-state index in [0.717, 1.165) is 0 Å². The van der Waals surface area contributed by atoms with Crippen molar-refractivity contribution in [2.24, 2.45) is 0 Å². The third-order valence-corrected chi connectivity index (χ3v) is 3.41. The number of aryl methyl sites for hydroxylation is 1. The third kappa shape index (κ3) is 2.79. The predicted octanol–water partition coefficient (Wildman–Crippen LogP) is 2.68. The van der Waals surface area contributed by atoms with Gasteiger partial charge in [0.2, 0.25) is 5.78 Å². The molecular formula is C13H15BrN2O3. The summed E-state index contributed by atoms with van der Waals surface area (Å²) in [7, 11) is 1.62. The van der Waals surface area contributed by atoms with Crippen LogP contribution in [0.25, 0.3) is 0 Å². The molecule has 0 radical (unpaired) electrons. The fraction of sp³-hybridized carbons (Fsp3) is 0.385. The van der Waals surface area contributed by atoms with Gasteiger partial charge in [0.1, 0.15) is 11.5 Å².